The third-order valence-corrected chi connectivity index (χ3v) is 7.81. The van der Waals surface area contributed by atoms with E-state index in [1.807, 2.05) is 24.8 Å². The lowest BCUT2D eigenvalue weighted by molar-refractivity contribution is 1.27. The molecule has 5 aromatic carbocycles. The van der Waals surface area contributed by atoms with Crippen LogP contribution < -0.4 is 0 Å². The van der Waals surface area contributed by atoms with Crippen LogP contribution in [-0.2, 0) is 0 Å². The summed E-state index contributed by atoms with van der Waals surface area (Å²) in [5, 5.41) is 5.01. The molecule has 2 heteroatoms. The monoisotopic (exact) mass is 512 g/mol. The standard InChI is InChI=1S/C38H28N2/c1-25-20-31(23-40-22-25)27-14-16-28(17-15-27)37-32-10-3-5-12-34(32)38(35-13-6-4-11-33(35)37)30-9-7-8-29(21-30)36-24-39-19-18-26(36)2/h3-24H,1-2H3. The van der Waals surface area contributed by atoms with Gasteiger partial charge in [-0.15, -0.1) is 0 Å². The number of nitrogens with zero attached hydrogens (tertiary/aromatic N) is 2. The Morgan fingerprint density at radius 1 is 0.425 bits per heavy atom. The lowest BCUT2D eigenvalue weighted by Gasteiger charge is -2.18. The Hall–Kier alpha value is -5.08. The molecule has 0 aliphatic carbocycles. The number of aromatic nitrogens is 2. The van der Waals surface area contributed by atoms with Crippen molar-refractivity contribution in [3.63, 3.8) is 0 Å². The predicted octanol–water partition coefficient (Wildman–Crippen LogP) is 10.1. The summed E-state index contributed by atoms with van der Waals surface area (Å²) in [7, 11) is 0. The summed E-state index contributed by atoms with van der Waals surface area (Å²) in [5.74, 6) is 0. The fraction of sp³-hybridized carbons (Fsp3) is 0.0526. The van der Waals surface area contributed by atoms with Crippen LogP contribution in [0.15, 0.2) is 134 Å². The minimum Gasteiger partial charge on any atom is -0.264 e. The Bertz CT molecular complexity index is 1960. The Morgan fingerprint density at radius 2 is 1.02 bits per heavy atom. The van der Waals surface area contributed by atoms with Crippen LogP contribution in [0.4, 0.5) is 0 Å². The predicted molar refractivity (Wildman–Crippen MR) is 168 cm³/mol. The van der Waals surface area contributed by atoms with Gasteiger partial charge in [0.2, 0.25) is 0 Å². The molecule has 2 nitrogen and oxygen atoms in total. The van der Waals surface area contributed by atoms with Crippen molar-refractivity contribution in [3.05, 3.63) is 145 Å². The second-order valence-corrected chi connectivity index (χ2v) is 10.4. The molecular formula is C38H28N2. The Morgan fingerprint density at radius 3 is 1.65 bits per heavy atom. The second kappa shape index (κ2) is 9.91. The summed E-state index contributed by atoms with van der Waals surface area (Å²) in [6.45, 7) is 4.22. The molecule has 0 aliphatic rings. The van der Waals surface area contributed by atoms with E-state index in [2.05, 4.69) is 133 Å². The number of aryl methyl sites for hydroxylation is 2. The number of hydrogen-bond donors (Lipinski definition) is 0. The van der Waals surface area contributed by atoms with Crippen molar-refractivity contribution >= 4 is 21.5 Å². The summed E-state index contributed by atoms with van der Waals surface area (Å²) >= 11 is 0. The second-order valence-electron chi connectivity index (χ2n) is 10.4. The minimum atomic E-state index is 1.14. The zero-order valence-electron chi connectivity index (χ0n) is 22.6. The van der Waals surface area contributed by atoms with Gasteiger partial charge >= 0.3 is 0 Å². The van der Waals surface area contributed by atoms with Gasteiger partial charge in [0.15, 0.2) is 0 Å². The molecule has 0 saturated heterocycles. The van der Waals surface area contributed by atoms with E-state index in [0.29, 0.717) is 0 Å². The quantitative estimate of drug-likeness (QED) is 0.219. The van der Waals surface area contributed by atoms with Crippen LogP contribution in [0.1, 0.15) is 11.1 Å². The van der Waals surface area contributed by atoms with Gasteiger partial charge in [-0.25, -0.2) is 0 Å². The van der Waals surface area contributed by atoms with Gasteiger partial charge < -0.3 is 0 Å². The molecule has 40 heavy (non-hydrogen) atoms. The molecule has 0 unspecified atom stereocenters. The average Bonchev–Trinajstić information content (AvgIpc) is 3.00. The molecule has 0 fully saturated rings. The molecular weight excluding hydrogens is 484 g/mol. The van der Waals surface area contributed by atoms with E-state index >= 15 is 0 Å². The number of pyridine rings is 2. The molecule has 0 atom stereocenters. The van der Waals surface area contributed by atoms with Gasteiger partial charge in [-0.05, 0) is 98.1 Å². The largest absolute Gasteiger partial charge is 0.264 e. The first-order chi connectivity index (χ1) is 19.7. The highest BCUT2D eigenvalue weighted by molar-refractivity contribution is 6.21. The molecule has 0 amide bonds. The molecule has 0 aliphatic heterocycles. The van der Waals surface area contributed by atoms with Gasteiger partial charge in [0.25, 0.3) is 0 Å². The summed E-state index contributed by atoms with van der Waals surface area (Å²) in [4.78, 5) is 8.78. The zero-order chi connectivity index (χ0) is 27.1. The molecule has 0 bridgehead atoms. The lowest BCUT2D eigenvalue weighted by atomic mass is 9.85. The van der Waals surface area contributed by atoms with Crippen molar-refractivity contribution in [2.24, 2.45) is 0 Å². The molecule has 7 aromatic rings. The number of benzene rings is 5. The maximum absolute atomic E-state index is 4.40. The van der Waals surface area contributed by atoms with Gasteiger partial charge in [-0.3, -0.25) is 9.97 Å². The Kier molecular flexibility index (Phi) is 5.94. The summed E-state index contributed by atoms with van der Waals surface area (Å²) in [5.41, 5.74) is 12.0. The summed E-state index contributed by atoms with van der Waals surface area (Å²) < 4.78 is 0. The van der Waals surface area contributed by atoms with Crippen molar-refractivity contribution in [1.82, 2.24) is 9.97 Å². The van der Waals surface area contributed by atoms with E-state index < -0.39 is 0 Å². The van der Waals surface area contributed by atoms with Crippen LogP contribution in [0.2, 0.25) is 0 Å². The topological polar surface area (TPSA) is 25.8 Å². The Labute approximate surface area is 234 Å². The SMILES string of the molecule is Cc1cncc(-c2ccc(-c3c4ccccc4c(-c4cccc(-c5cnccc5C)c4)c4ccccc34)cc2)c1. The van der Waals surface area contributed by atoms with Gasteiger partial charge in [-0.1, -0.05) is 91.0 Å². The number of hydrogen-bond acceptors (Lipinski definition) is 2. The van der Waals surface area contributed by atoms with Crippen LogP contribution in [0.3, 0.4) is 0 Å². The van der Waals surface area contributed by atoms with Crippen molar-refractivity contribution in [2.45, 2.75) is 13.8 Å². The van der Waals surface area contributed by atoms with Crippen molar-refractivity contribution in [3.8, 4) is 44.5 Å². The third-order valence-electron chi connectivity index (χ3n) is 7.81. The average molecular weight is 513 g/mol. The molecule has 2 aromatic heterocycles. The molecule has 7 rings (SSSR count). The van der Waals surface area contributed by atoms with E-state index in [0.717, 1.165) is 11.1 Å². The van der Waals surface area contributed by atoms with Crippen LogP contribution in [-0.4, -0.2) is 9.97 Å². The minimum absolute atomic E-state index is 1.14. The maximum atomic E-state index is 4.40. The van der Waals surface area contributed by atoms with E-state index in [1.54, 1.807) is 0 Å². The van der Waals surface area contributed by atoms with Crippen molar-refractivity contribution < 1.29 is 0 Å². The molecule has 190 valence electrons. The summed E-state index contributed by atoms with van der Waals surface area (Å²) in [6, 6.07) is 39.7. The van der Waals surface area contributed by atoms with E-state index in [-0.39, 0.29) is 0 Å². The zero-order valence-corrected chi connectivity index (χ0v) is 22.6. The third kappa shape index (κ3) is 4.15. The first kappa shape index (κ1) is 24.0. The smallest absolute Gasteiger partial charge is 0.0349 e. The molecule has 0 saturated carbocycles. The van der Waals surface area contributed by atoms with Crippen LogP contribution >= 0.6 is 0 Å². The first-order valence-corrected chi connectivity index (χ1v) is 13.6. The summed E-state index contributed by atoms with van der Waals surface area (Å²) in [6.07, 6.45) is 7.64. The van der Waals surface area contributed by atoms with E-state index in [1.165, 1.54) is 66.1 Å². The fourth-order valence-electron chi connectivity index (χ4n) is 5.90. The van der Waals surface area contributed by atoms with E-state index in [4.69, 9.17) is 0 Å². The van der Waals surface area contributed by atoms with Crippen LogP contribution in [0.25, 0.3) is 66.1 Å². The maximum Gasteiger partial charge on any atom is 0.0349 e. The van der Waals surface area contributed by atoms with Crippen molar-refractivity contribution in [1.29, 1.82) is 0 Å². The number of rotatable bonds is 4. The molecule has 0 spiro atoms. The first-order valence-electron chi connectivity index (χ1n) is 13.6. The Balaban J connectivity index is 1.45. The van der Waals surface area contributed by atoms with Gasteiger partial charge in [0.1, 0.15) is 0 Å². The van der Waals surface area contributed by atoms with Gasteiger partial charge in [0.05, 0.1) is 0 Å². The highest BCUT2D eigenvalue weighted by Crippen LogP contribution is 2.44. The van der Waals surface area contributed by atoms with E-state index in [9.17, 15) is 0 Å². The fourth-order valence-corrected chi connectivity index (χ4v) is 5.90. The normalized spacial score (nSPS) is 11.2. The molecule has 2 heterocycles. The van der Waals surface area contributed by atoms with Crippen molar-refractivity contribution in [2.75, 3.05) is 0 Å². The molecule has 0 N–H and O–H groups in total. The van der Waals surface area contributed by atoms with Gasteiger partial charge in [0, 0.05) is 35.9 Å². The van der Waals surface area contributed by atoms with Crippen LogP contribution in [0.5, 0.6) is 0 Å². The van der Waals surface area contributed by atoms with Gasteiger partial charge in [-0.2, -0.15) is 0 Å². The van der Waals surface area contributed by atoms with Crippen LogP contribution in [0, 0.1) is 13.8 Å². The number of fused-ring (bicyclic) bond motifs is 2. The highest BCUT2D eigenvalue weighted by Gasteiger charge is 2.17. The highest BCUT2D eigenvalue weighted by atomic mass is 14.6. The molecule has 0 radical (unpaired) electrons. The lowest BCUT2D eigenvalue weighted by Crippen LogP contribution is -1.92.